The summed E-state index contributed by atoms with van der Waals surface area (Å²) in [7, 11) is 0. The molecule has 4 heteroatoms. The van der Waals surface area contributed by atoms with Crippen molar-refractivity contribution in [2.24, 2.45) is 0 Å². The number of unbranched alkanes of at least 4 members (excludes halogenated alkanes) is 2. The van der Waals surface area contributed by atoms with E-state index in [1.54, 1.807) is 12.5 Å². The number of hydrogen-bond acceptors (Lipinski definition) is 3. The predicted molar refractivity (Wildman–Crippen MR) is 52.8 cm³/mol. The number of hydrogen-bond donors (Lipinski definition) is 1. The molecule has 0 aromatic carbocycles. The second kappa shape index (κ2) is 6.18. The molecule has 0 saturated heterocycles. The summed E-state index contributed by atoms with van der Waals surface area (Å²) in [5.74, 6) is -0.189. The van der Waals surface area contributed by atoms with Gasteiger partial charge in [0, 0.05) is 11.9 Å². The number of nitrogens with one attached hydrogen (secondary N) is 1. The van der Waals surface area contributed by atoms with Crippen LogP contribution in [0.3, 0.4) is 0 Å². The average Bonchev–Trinajstić information content (AvgIpc) is 2.65. The van der Waals surface area contributed by atoms with Gasteiger partial charge in [0.15, 0.2) is 0 Å². The summed E-state index contributed by atoms with van der Waals surface area (Å²) in [6.45, 7) is 2.65. The average molecular weight is 196 g/mol. The molecule has 1 heterocycles. The molecule has 0 unspecified atom stereocenters. The van der Waals surface area contributed by atoms with E-state index in [1.807, 2.05) is 0 Å². The summed E-state index contributed by atoms with van der Waals surface area (Å²) in [6, 6.07) is 0. The fraction of sp³-hybridized carbons (Fsp3) is 0.600. The molecule has 14 heavy (non-hydrogen) atoms. The number of esters is 1. The highest BCUT2D eigenvalue weighted by atomic mass is 16.5. The Kier molecular flexibility index (Phi) is 4.75. The van der Waals surface area contributed by atoms with Crippen LogP contribution in [0.2, 0.25) is 0 Å². The van der Waals surface area contributed by atoms with Crippen LogP contribution < -0.4 is 0 Å². The summed E-state index contributed by atoms with van der Waals surface area (Å²) in [4.78, 5) is 17.9. The van der Waals surface area contributed by atoms with Gasteiger partial charge in [-0.05, 0) is 6.42 Å². The Bertz CT molecular complexity index is 257. The second-order valence-corrected chi connectivity index (χ2v) is 3.18. The zero-order chi connectivity index (χ0) is 10.2. The molecule has 1 N–H and O–H groups in total. The van der Waals surface area contributed by atoms with Gasteiger partial charge in [-0.15, -0.1) is 0 Å². The van der Waals surface area contributed by atoms with E-state index in [1.165, 1.54) is 0 Å². The maximum Gasteiger partial charge on any atom is 0.311 e. The maximum absolute atomic E-state index is 11.2. The molecular formula is C10H16N2O2. The van der Waals surface area contributed by atoms with Crippen molar-refractivity contribution in [1.82, 2.24) is 9.97 Å². The Balaban J connectivity index is 2.11. The van der Waals surface area contributed by atoms with Crippen LogP contribution in [0.25, 0.3) is 0 Å². The predicted octanol–water partition coefficient (Wildman–Crippen LogP) is 1.69. The fourth-order valence-corrected chi connectivity index (χ4v) is 1.13. The Morgan fingerprint density at radius 3 is 3.07 bits per heavy atom. The van der Waals surface area contributed by atoms with E-state index in [4.69, 9.17) is 4.74 Å². The number of H-pyrrole nitrogens is 1. The molecule has 0 amide bonds. The lowest BCUT2D eigenvalue weighted by Gasteiger charge is -2.02. The Hall–Kier alpha value is -1.32. The van der Waals surface area contributed by atoms with E-state index >= 15 is 0 Å². The number of rotatable bonds is 6. The molecule has 0 radical (unpaired) electrons. The lowest BCUT2D eigenvalue weighted by Crippen LogP contribution is -2.09. The first-order chi connectivity index (χ1) is 6.83. The third-order valence-electron chi connectivity index (χ3n) is 1.90. The SMILES string of the molecule is CCCCCOC(=O)Cc1cnc[nH]1. The quantitative estimate of drug-likeness (QED) is 0.556. The van der Waals surface area contributed by atoms with Gasteiger partial charge >= 0.3 is 5.97 Å². The van der Waals surface area contributed by atoms with Crippen LogP contribution >= 0.6 is 0 Å². The van der Waals surface area contributed by atoms with E-state index < -0.39 is 0 Å². The van der Waals surface area contributed by atoms with Crippen molar-refractivity contribution in [3.63, 3.8) is 0 Å². The molecule has 0 spiro atoms. The van der Waals surface area contributed by atoms with Crippen LogP contribution in [0.5, 0.6) is 0 Å². The summed E-state index contributed by atoms with van der Waals surface area (Å²) in [5, 5.41) is 0. The number of aromatic amines is 1. The van der Waals surface area contributed by atoms with Crippen LogP contribution in [0, 0.1) is 0 Å². The van der Waals surface area contributed by atoms with Crippen LogP contribution in [-0.2, 0) is 16.0 Å². The smallest absolute Gasteiger partial charge is 0.311 e. The van der Waals surface area contributed by atoms with Crippen LogP contribution in [0.1, 0.15) is 31.9 Å². The van der Waals surface area contributed by atoms with Gasteiger partial charge in [0.25, 0.3) is 0 Å². The highest BCUT2D eigenvalue weighted by Gasteiger charge is 2.04. The van der Waals surface area contributed by atoms with Gasteiger partial charge in [-0.2, -0.15) is 0 Å². The van der Waals surface area contributed by atoms with Gasteiger partial charge in [0.2, 0.25) is 0 Å². The molecule has 1 aromatic heterocycles. The van der Waals surface area contributed by atoms with Gasteiger partial charge in [-0.25, -0.2) is 4.98 Å². The number of imidazole rings is 1. The van der Waals surface area contributed by atoms with Gasteiger partial charge in [0.05, 0.1) is 19.4 Å². The lowest BCUT2D eigenvalue weighted by atomic mass is 10.3. The fourth-order valence-electron chi connectivity index (χ4n) is 1.13. The highest BCUT2D eigenvalue weighted by Crippen LogP contribution is 1.98. The minimum absolute atomic E-state index is 0.189. The van der Waals surface area contributed by atoms with Crippen molar-refractivity contribution >= 4 is 5.97 Å². The molecule has 0 bridgehead atoms. The van der Waals surface area contributed by atoms with Crippen molar-refractivity contribution in [3.05, 3.63) is 18.2 Å². The van der Waals surface area contributed by atoms with Crippen molar-refractivity contribution < 1.29 is 9.53 Å². The molecule has 0 saturated carbocycles. The molecule has 1 aromatic rings. The summed E-state index contributed by atoms with van der Waals surface area (Å²) in [5.41, 5.74) is 0.797. The topological polar surface area (TPSA) is 55.0 Å². The van der Waals surface area contributed by atoms with E-state index in [0.717, 1.165) is 25.0 Å². The number of nitrogens with zero attached hydrogens (tertiary/aromatic N) is 1. The van der Waals surface area contributed by atoms with Gasteiger partial charge in [-0.3, -0.25) is 4.79 Å². The van der Waals surface area contributed by atoms with Crippen LogP contribution in [0.4, 0.5) is 0 Å². The van der Waals surface area contributed by atoms with Crippen LogP contribution in [-0.4, -0.2) is 22.5 Å². The minimum atomic E-state index is -0.189. The first-order valence-corrected chi connectivity index (χ1v) is 4.95. The van der Waals surface area contributed by atoms with E-state index in [2.05, 4.69) is 16.9 Å². The first kappa shape index (κ1) is 10.8. The lowest BCUT2D eigenvalue weighted by molar-refractivity contribution is -0.143. The van der Waals surface area contributed by atoms with Crippen molar-refractivity contribution in [3.8, 4) is 0 Å². The molecule has 0 aliphatic rings. The largest absolute Gasteiger partial charge is 0.465 e. The van der Waals surface area contributed by atoms with Crippen molar-refractivity contribution in [2.75, 3.05) is 6.61 Å². The number of carbonyl (C=O) groups excluding carboxylic acids is 1. The minimum Gasteiger partial charge on any atom is -0.465 e. The zero-order valence-corrected chi connectivity index (χ0v) is 8.45. The third-order valence-corrected chi connectivity index (χ3v) is 1.90. The highest BCUT2D eigenvalue weighted by molar-refractivity contribution is 5.71. The third kappa shape index (κ3) is 4.07. The van der Waals surface area contributed by atoms with Crippen LogP contribution in [0.15, 0.2) is 12.5 Å². The Morgan fingerprint density at radius 2 is 2.43 bits per heavy atom. The normalized spacial score (nSPS) is 10.1. The first-order valence-electron chi connectivity index (χ1n) is 4.95. The summed E-state index contributed by atoms with van der Waals surface area (Å²) >= 11 is 0. The molecular weight excluding hydrogens is 180 g/mol. The second-order valence-electron chi connectivity index (χ2n) is 3.18. The standard InChI is InChI=1S/C10H16N2O2/c1-2-3-4-5-14-10(13)6-9-7-11-8-12-9/h7-8H,2-6H2,1H3,(H,11,12). The van der Waals surface area contributed by atoms with Crippen molar-refractivity contribution in [2.45, 2.75) is 32.6 Å². The summed E-state index contributed by atoms with van der Waals surface area (Å²) in [6.07, 6.45) is 6.67. The molecule has 0 aliphatic carbocycles. The molecule has 4 nitrogen and oxygen atoms in total. The molecule has 1 rings (SSSR count). The summed E-state index contributed by atoms with van der Waals surface area (Å²) < 4.78 is 5.03. The zero-order valence-electron chi connectivity index (χ0n) is 8.45. The number of aromatic nitrogens is 2. The van der Waals surface area contributed by atoms with Gasteiger partial charge < -0.3 is 9.72 Å². The number of carbonyl (C=O) groups is 1. The Labute approximate surface area is 83.7 Å². The molecule has 0 aliphatic heterocycles. The van der Waals surface area contributed by atoms with Crippen molar-refractivity contribution in [1.29, 1.82) is 0 Å². The van der Waals surface area contributed by atoms with E-state index in [0.29, 0.717) is 6.61 Å². The van der Waals surface area contributed by atoms with Gasteiger partial charge in [-0.1, -0.05) is 19.8 Å². The monoisotopic (exact) mass is 196 g/mol. The molecule has 0 atom stereocenters. The molecule has 0 fully saturated rings. The van der Waals surface area contributed by atoms with E-state index in [9.17, 15) is 4.79 Å². The Morgan fingerprint density at radius 1 is 1.57 bits per heavy atom. The number of ether oxygens (including phenoxy) is 1. The maximum atomic E-state index is 11.2. The van der Waals surface area contributed by atoms with Gasteiger partial charge in [0.1, 0.15) is 0 Å². The molecule has 78 valence electrons. The van der Waals surface area contributed by atoms with E-state index in [-0.39, 0.29) is 12.4 Å².